The van der Waals surface area contributed by atoms with Crippen LogP contribution in [-0.4, -0.2) is 12.0 Å². The highest BCUT2D eigenvalue weighted by atomic mass is 32.1. The van der Waals surface area contributed by atoms with Crippen molar-refractivity contribution in [2.45, 2.75) is 25.8 Å². The number of hydrogen-bond donors (Lipinski definition) is 1. The smallest absolute Gasteiger partial charge is 0.0932 e. The highest BCUT2D eigenvalue weighted by Crippen LogP contribution is 2.17. The fraction of sp³-hybridized carbons (Fsp3) is 0.357. The zero-order chi connectivity index (χ0) is 12.1. The molecule has 1 aromatic heterocycles. The van der Waals surface area contributed by atoms with Crippen molar-refractivity contribution >= 4 is 11.3 Å². The highest BCUT2D eigenvalue weighted by molar-refractivity contribution is 7.09. The Morgan fingerprint density at radius 3 is 2.71 bits per heavy atom. The minimum absolute atomic E-state index is 0.344. The van der Waals surface area contributed by atoms with Crippen LogP contribution in [0.3, 0.4) is 0 Å². The molecule has 17 heavy (non-hydrogen) atoms. The number of rotatable bonds is 5. The number of aromatic nitrogens is 1. The van der Waals surface area contributed by atoms with Gasteiger partial charge in [-0.25, -0.2) is 4.98 Å². The average Bonchev–Trinajstić information content (AvgIpc) is 2.85. The summed E-state index contributed by atoms with van der Waals surface area (Å²) < 4.78 is 0. The molecule has 1 atom stereocenters. The molecule has 1 unspecified atom stereocenters. The summed E-state index contributed by atoms with van der Waals surface area (Å²) in [6.45, 7) is 2.13. The van der Waals surface area contributed by atoms with Gasteiger partial charge in [0.05, 0.1) is 10.7 Å². The molecule has 0 fully saturated rings. The lowest BCUT2D eigenvalue weighted by Gasteiger charge is -2.04. The molecule has 1 aromatic carbocycles. The summed E-state index contributed by atoms with van der Waals surface area (Å²) in [5.74, 6) is 0. The Balaban J connectivity index is 1.94. The monoisotopic (exact) mass is 246 g/mol. The summed E-state index contributed by atoms with van der Waals surface area (Å²) in [5, 5.41) is 6.59. The molecule has 2 rings (SSSR count). The number of nitrogens with one attached hydrogen (secondary N) is 1. The van der Waals surface area contributed by atoms with Crippen molar-refractivity contribution in [3.63, 3.8) is 0 Å². The summed E-state index contributed by atoms with van der Waals surface area (Å²) in [6, 6.07) is 10.9. The van der Waals surface area contributed by atoms with Crippen LogP contribution in [0, 0.1) is 0 Å². The molecule has 0 aliphatic heterocycles. The molecule has 90 valence electrons. The van der Waals surface area contributed by atoms with E-state index in [-0.39, 0.29) is 0 Å². The van der Waals surface area contributed by atoms with Crippen LogP contribution >= 0.6 is 11.3 Å². The summed E-state index contributed by atoms with van der Waals surface area (Å²) >= 11 is 1.76. The third kappa shape index (κ3) is 3.38. The largest absolute Gasteiger partial charge is 0.312 e. The second-order valence-corrected chi connectivity index (χ2v) is 5.10. The van der Waals surface area contributed by atoms with E-state index < -0.39 is 0 Å². The van der Waals surface area contributed by atoms with Gasteiger partial charge < -0.3 is 5.32 Å². The number of hydrogen-bond acceptors (Lipinski definition) is 3. The van der Waals surface area contributed by atoms with Crippen LogP contribution < -0.4 is 5.32 Å². The third-order valence-corrected chi connectivity index (χ3v) is 3.84. The van der Waals surface area contributed by atoms with Crippen LogP contribution in [-0.2, 0) is 12.8 Å². The Bertz CT molecular complexity index is 450. The molecule has 0 saturated heterocycles. The van der Waals surface area contributed by atoms with Gasteiger partial charge in [0, 0.05) is 17.8 Å². The van der Waals surface area contributed by atoms with E-state index in [0.717, 1.165) is 18.5 Å². The molecule has 0 amide bonds. The van der Waals surface area contributed by atoms with Gasteiger partial charge in [-0.3, -0.25) is 0 Å². The Hall–Kier alpha value is -1.19. The quantitative estimate of drug-likeness (QED) is 0.876. The van der Waals surface area contributed by atoms with Gasteiger partial charge >= 0.3 is 0 Å². The lowest BCUT2D eigenvalue weighted by atomic mass is 10.1. The van der Waals surface area contributed by atoms with Crippen molar-refractivity contribution in [1.29, 1.82) is 0 Å². The topological polar surface area (TPSA) is 24.9 Å². The van der Waals surface area contributed by atoms with Crippen molar-refractivity contribution in [1.82, 2.24) is 10.3 Å². The maximum absolute atomic E-state index is 4.65. The van der Waals surface area contributed by atoms with Gasteiger partial charge in [-0.15, -0.1) is 11.3 Å². The van der Waals surface area contributed by atoms with Crippen LogP contribution in [0.5, 0.6) is 0 Å². The molecular formula is C14H18N2S. The van der Waals surface area contributed by atoms with E-state index in [0.29, 0.717) is 6.04 Å². The first-order chi connectivity index (χ1) is 8.29. The van der Waals surface area contributed by atoms with Gasteiger partial charge in [0.2, 0.25) is 0 Å². The van der Waals surface area contributed by atoms with Crippen molar-refractivity contribution in [3.05, 3.63) is 52.0 Å². The van der Waals surface area contributed by atoms with Crippen LogP contribution in [0.1, 0.15) is 29.2 Å². The van der Waals surface area contributed by atoms with Crippen LogP contribution in [0.4, 0.5) is 0 Å². The average molecular weight is 246 g/mol. The molecule has 1 N–H and O–H groups in total. The normalized spacial score (nSPS) is 12.6. The van der Waals surface area contributed by atoms with Crippen molar-refractivity contribution in [2.75, 3.05) is 7.05 Å². The number of benzene rings is 1. The second kappa shape index (κ2) is 5.94. The Labute approximate surface area is 107 Å². The molecule has 0 aliphatic carbocycles. The van der Waals surface area contributed by atoms with Gasteiger partial charge in [-0.2, -0.15) is 0 Å². The Morgan fingerprint density at radius 1 is 1.24 bits per heavy atom. The lowest BCUT2D eigenvalue weighted by Crippen LogP contribution is -2.12. The predicted molar refractivity (Wildman–Crippen MR) is 73.4 cm³/mol. The molecular weight excluding hydrogens is 228 g/mol. The predicted octanol–water partition coefficient (Wildman–Crippen LogP) is 3.21. The first kappa shape index (κ1) is 12.3. The van der Waals surface area contributed by atoms with E-state index >= 15 is 0 Å². The Morgan fingerprint density at radius 2 is 2.00 bits per heavy atom. The lowest BCUT2D eigenvalue weighted by molar-refractivity contribution is 0.634. The summed E-state index contributed by atoms with van der Waals surface area (Å²) in [6.07, 6.45) is 2.10. The van der Waals surface area contributed by atoms with Crippen LogP contribution in [0.2, 0.25) is 0 Å². The SMILES string of the molecule is CNC(C)c1csc(CCc2ccccc2)n1. The molecule has 2 aromatic rings. The minimum atomic E-state index is 0.344. The van der Waals surface area contributed by atoms with E-state index in [4.69, 9.17) is 0 Å². The minimum Gasteiger partial charge on any atom is -0.312 e. The summed E-state index contributed by atoms with van der Waals surface area (Å²) in [7, 11) is 1.97. The fourth-order valence-corrected chi connectivity index (χ4v) is 2.57. The van der Waals surface area contributed by atoms with Gasteiger partial charge in [0.1, 0.15) is 0 Å². The second-order valence-electron chi connectivity index (χ2n) is 4.16. The molecule has 0 bridgehead atoms. The fourth-order valence-electron chi connectivity index (χ4n) is 1.68. The maximum atomic E-state index is 4.65. The molecule has 0 spiro atoms. The van der Waals surface area contributed by atoms with Gasteiger partial charge in [-0.1, -0.05) is 30.3 Å². The molecule has 0 aliphatic rings. The van der Waals surface area contributed by atoms with Gasteiger partial charge in [0.15, 0.2) is 0 Å². The van der Waals surface area contributed by atoms with E-state index in [1.807, 2.05) is 7.05 Å². The van der Waals surface area contributed by atoms with E-state index in [2.05, 4.69) is 52.9 Å². The number of aryl methyl sites for hydroxylation is 2. The van der Waals surface area contributed by atoms with E-state index in [9.17, 15) is 0 Å². The number of nitrogens with zero attached hydrogens (tertiary/aromatic N) is 1. The van der Waals surface area contributed by atoms with Crippen LogP contribution in [0.25, 0.3) is 0 Å². The summed E-state index contributed by atoms with van der Waals surface area (Å²) in [4.78, 5) is 4.65. The molecule has 0 saturated carbocycles. The molecule has 2 nitrogen and oxygen atoms in total. The van der Waals surface area contributed by atoms with Crippen molar-refractivity contribution < 1.29 is 0 Å². The maximum Gasteiger partial charge on any atom is 0.0932 e. The first-order valence-electron chi connectivity index (χ1n) is 5.95. The number of thiazole rings is 1. The standard InChI is InChI=1S/C14H18N2S/c1-11(15-2)13-10-17-14(16-13)9-8-12-6-4-3-5-7-12/h3-7,10-11,15H,8-9H2,1-2H3. The Kier molecular flexibility index (Phi) is 4.29. The van der Waals surface area contributed by atoms with Gasteiger partial charge in [-0.05, 0) is 26.0 Å². The van der Waals surface area contributed by atoms with Crippen molar-refractivity contribution in [3.8, 4) is 0 Å². The summed E-state index contributed by atoms with van der Waals surface area (Å²) in [5.41, 5.74) is 2.53. The zero-order valence-electron chi connectivity index (χ0n) is 10.3. The van der Waals surface area contributed by atoms with Crippen LogP contribution in [0.15, 0.2) is 35.7 Å². The first-order valence-corrected chi connectivity index (χ1v) is 6.83. The van der Waals surface area contributed by atoms with Gasteiger partial charge in [0.25, 0.3) is 0 Å². The van der Waals surface area contributed by atoms with E-state index in [1.165, 1.54) is 10.6 Å². The third-order valence-electron chi connectivity index (χ3n) is 2.92. The van der Waals surface area contributed by atoms with E-state index in [1.54, 1.807) is 11.3 Å². The van der Waals surface area contributed by atoms with Crippen molar-refractivity contribution in [2.24, 2.45) is 0 Å². The highest BCUT2D eigenvalue weighted by Gasteiger charge is 2.07. The molecule has 1 heterocycles. The zero-order valence-corrected chi connectivity index (χ0v) is 11.1. The molecule has 0 radical (unpaired) electrons. The molecule has 3 heteroatoms.